The van der Waals surface area contributed by atoms with Gasteiger partial charge >= 0.3 is 5.97 Å². The molecule has 3 aliphatic rings. The van der Waals surface area contributed by atoms with E-state index in [-0.39, 0.29) is 28.3 Å². The number of carboxylic acid groups (broad SMARTS) is 1. The lowest BCUT2D eigenvalue weighted by molar-refractivity contribution is -0.411. The van der Waals surface area contributed by atoms with Gasteiger partial charge in [-0.1, -0.05) is 25.5 Å². The van der Waals surface area contributed by atoms with Crippen LogP contribution in [0.5, 0.6) is 0 Å². The van der Waals surface area contributed by atoms with Gasteiger partial charge in [-0.15, -0.1) is 0 Å². The molecule has 0 spiro atoms. The third-order valence-corrected chi connectivity index (χ3v) is 8.08. The van der Waals surface area contributed by atoms with Gasteiger partial charge in [0.1, 0.15) is 17.3 Å². The number of carbonyl (C=O) groups is 1. The first kappa shape index (κ1) is 22.8. The first-order valence-corrected chi connectivity index (χ1v) is 11.4. The maximum atomic E-state index is 11.1. The van der Waals surface area contributed by atoms with Gasteiger partial charge in [-0.2, -0.15) is 0 Å². The molecule has 5 atom stereocenters. The van der Waals surface area contributed by atoms with Crippen molar-refractivity contribution < 1.29 is 24.4 Å². The summed E-state index contributed by atoms with van der Waals surface area (Å²) < 4.78 is 6.37. The van der Waals surface area contributed by atoms with Crippen molar-refractivity contribution in [3.63, 3.8) is 0 Å². The van der Waals surface area contributed by atoms with Crippen molar-refractivity contribution in [1.82, 2.24) is 0 Å². The SMILES string of the molecule is C/C(=C\CC[C@]1(C)CC[C@@H]([C@@H](C)C(=O)O)OO1)CCC12OC1(C)CCCC2(C)C. The molecule has 0 aromatic carbocycles. The number of rotatable bonds is 8. The molecule has 2 unspecified atom stereocenters. The molecule has 29 heavy (non-hydrogen) atoms. The molecule has 2 aliphatic heterocycles. The Balaban J connectivity index is 1.45. The topological polar surface area (TPSA) is 68.3 Å². The molecule has 0 bridgehead atoms. The normalized spacial score (nSPS) is 40.2. The Morgan fingerprint density at radius 2 is 1.90 bits per heavy atom. The van der Waals surface area contributed by atoms with Gasteiger partial charge in [0.15, 0.2) is 0 Å². The smallest absolute Gasteiger partial charge is 0.308 e. The number of hydrogen-bond donors (Lipinski definition) is 1. The molecule has 1 saturated carbocycles. The van der Waals surface area contributed by atoms with Crippen LogP contribution in [0.3, 0.4) is 0 Å². The van der Waals surface area contributed by atoms with Gasteiger partial charge in [0.05, 0.1) is 11.5 Å². The number of fused-ring (bicyclic) bond motifs is 1. The molecule has 3 fully saturated rings. The summed E-state index contributed by atoms with van der Waals surface area (Å²) in [5, 5.41) is 9.13. The highest BCUT2D eigenvalue weighted by atomic mass is 17.2. The van der Waals surface area contributed by atoms with Crippen LogP contribution in [-0.4, -0.2) is 34.0 Å². The molecule has 0 radical (unpaired) electrons. The van der Waals surface area contributed by atoms with E-state index in [0.717, 1.165) is 38.5 Å². The number of hydrogen-bond acceptors (Lipinski definition) is 4. The maximum absolute atomic E-state index is 11.1. The molecule has 0 amide bonds. The largest absolute Gasteiger partial charge is 0.481 e. The van der Waals surface area contributed by atoms with E-state index in [1.807, 2.05) is 0 Å². The second-order valence-corrected chi connectivity index (χ2v) is 10.8. The van der Waals surface area contributed by atoms with Gasteiger partial charge in [-0.25, -0.2) is 9.78 Å². The molecule has 1 N–H and O–H groups in total. The van der Waals surface area contributed by atoms with Crippen molar-refractivity contribution in [3.05, 3.63) is 11.6 Å². The standard InChI is InChI=1S/C24H40O5/c1-17(10-16-24-21(3,4)12-8-14-23(24,6)28-24)9-7-13-22(5)15-11-19(27-29-22)18(2)20(25)26/h9,18-19H,7-8,10-16H2,1-6H3,(H,25,26)/b17-9+/t18-,19+,22-,23?,24?/m1/s1. The number of epoxide rings is 1. The second-order valence-electron chi connectivity index (χ2n) is 10.8. The first-order chi connectivity index (χ1) is 13.4. The number of ether oxygens (including phenoxy) is 1. The van der Waals surface area contributed by atoms with Crippen LogP contribution < -0.4 is 0 Å². The second kappa shape index (κ2) is 7.97. The van der Waals surface area contributed by atoms with Crippen LogP contribution in [0.15, 0.2) is 11.6 Å². The number of aliphatic carboxylic acids is 1. The molecule has 5 heteroatoms. The average Bonchev–Trinajstić information content (AvgIpc) is 3.27. The molecule has 5 nitrogen and oxygen atoms in total. The Kier molecular flexibility index (Phi) is 6.26. The zero-order valence-electron chi connectivity index (χ0n) is 19.2. The summed E-state index contributed by atoms with van der Waals surface area (Å²) >= 11 is 0. The summed E-state index contributed by atoms with van der Waals surface area (Å²) in [6.45, 7) is 13.0. The van der Waals surface area contributed by atoms with Gasteiger partial charge in [0, 0.05) is 0 Å². The fourth-order valence-corrected chi connectivity index (χ4v) is 5.66. The van der Waals surface area contributed by atoms with E-state index in [0.29, 0.717) is 0 Å². The molecule has 0 aromatic rings. The Labute approximate surface area is 176 Å². The Hall–Kier alpha value is -0.910. The van der Waals surface area contributed by atoms with E-state index in [1.165, 1.54) is 24.8 Å². The van der Waals surface area contributed by atoms with E-state index in [1.54, 1.807) is 6.92 Å². The molecule has 2 saturated heterocycles. The zero-order valence-corrected chi connectivity index (χ0v) is 19.2. The average molecular weight is 409 g/mol. The van der Waals surface area contributed by atoms with Crippen molar-refractivity contribution in [2.75, 3.05) is 0 Å². The van der Waals surface area contributed by atoms with Crippen molar-refractivity contribution in [2.45, 2.75) is 122 Å². The fraction of sp³-hybridized carbons (Fsp3) is 0.875. The van der Waals surface area contributed by atoms with Crippen LogP contribution in [0.25, 0.3) is 0 Å². The number of allylic oxidation sites excluding steroid dienone is 2. The zero-order chi connectivity index (χ0) is 21.5. The molecule has 2 heterocycles. The van der Waals surface area contributed by atoms with E-state index in [4.69, 9.17) is 19.6 Å². The molecular formula is C24H40O5. The molecular weight excluding hydrogens is 368 g/mol. The van der Waals surface area contributed by atoms with E-state index in [9.17, 15) is 4.79 Å². The third kappa shape index (κ3) is 4.42. The fourth-order valence-electron chi connectivity index (χ4n) is 5.66. The minimum absolute atomic E-state index is 0.0511. The molecule has 0 aromatic heterocycles. The quantitative estimate of drug-likeness (QED) is 0.311. The van der Waals surface area contributed by atoms with Crippen LogP contribution in [0.4, 0.5) is 0 Å². The van der Waals surface area contributed by atoms with E-state index >= 15 is 0 Å². The maximum Gasteiger partial charge on any atom is 0.308 e. The Morgan fingerprint density at radius 3 is 2.48 bits per heavy atom. The summed E-state index contributed by atoms with van der Waals surface area (Å²) in [4.78, 5) is 22.2. The van der Waals surface area contributed by atoms with Crippen molar-refractivity contribution in [2.24, 2.45) is 11.3 Å². The molecule has 1 aliphatic carbocycles. The minimum Gasteiger partial charge on any atom is -0.481 e. The Bertz CT molecular complexity index is 646. The highest BCUT2D eigenvalue weighted by Crippen LogP contribution is 2.67. The van der Waals surface area contributed by atoms with E-state index < -0.39 is 11.9 Å². The summed E-state index contributed by atoms with van der Waals surface area (Å²) in [5.74, 6) is -1.38. The minimum atomic E-state index is -0.836. The van der Waals surface area contributed by atoms with Gasteiger partial charge < -0.3 is 9.84 Å². The predicted octanol–water partition coefficient (Wildman–Crippen LogP) is 5.82. The predicted molar refractivity (Wildman–Crippen MR) is 112 cm³/mol. The van der Waals surface area contributed by atoms with Gasteiger partial charge in [-0.3, -0.25) is 4.79 Å². The summed E-state index contributed by atoms with van der Waals surface area (Å²) in [6, 6.07) is 0. The first-order valence-electron chi connectivity index (χ1n) is 11.4. The van der Waals surface area contributed by atoms with E-state index in [2.05, 4.69) is 40.7 Å². The summed E-state index contributed by atoms with van der Waals surface area (Å²) in [5.41, 5.74) is 1.46. The lowest BCUT2D eigenvalue weighted by Gasteiger charge is -2.38. The third-order valence-electron chi connectivity index (χ3n) is 8.08. The van der Waals surface area contributed by atoms with Crippen LogP contribution in [0.2, 0.25) is 0 Å². The molecule has 166 valence electrons. The molecule has 3 rings (SSSR count). The lowest BCUT2D eigenvalue weighted by atomic mass is 9.62. The van der Waals surface area contributed by atoms with Crippen LogP contribution in [0, 0.1) is 11.3 Å². The van der Waals surface area contributed by atoms with Crippen LogP contribution >= 0.6 is 0 Å². The lowest BCUT2D eigenvalue weighted by Crippen LogP contribution is -2.42. The highest BCUT2D eigenvalue weighted by Gasteiger charge is 2.73. The number of carboxylic acids is 1. The summed E-state index contributed by atoms with van der Waals surface area (Å²) in [7, 11) is 0. The highest BCUT2D eigenvalue weighted by molar-refractivity contribution is 5.70. The summed E-state index contributed by atoms with van der Waals surface area (Å²) in [6.07, 6.45) is 11.2. The van der Waals surface area contributed by atoms with Crippen molar-refractivity contribution in [3.8, 4) is 0 Å². The van der Waals surface area contributed by atoms with Gasteiger partial charge in [-0.05, 0) is 90.9 Å². The Morgan fingerprint density at radius 1 is 1.17 bits per heavy atom. The van der Waals surface area contributed by atoms with Gasteiger partial charge in [0.25, 0.3) is 0 Å². The van der Waals surface area contributed by atoms with Crippen LogP contribution in [0.1, 0.15) is 99.3 Å². The van der Waals surface area contributed by atoms with Crippen molar-refractivity contribution >= 4 is 5.97 Å². The van der Waals surface area contributed by atoms with Gasteiger partial charge in [0.2, 0.25) is 0 Å². The van der Waals surface area contributed by atoms with Crippen molar-refractivity contribution in [1.29, 1.82) is 0 Å². The monoisotopic (exact) mass is 408 g/mol. The van der Waals surface area contributed by atoms with Crippen LogP contribution in [-0.2, 0) is 19.3 Å².